The van der Waals surface area contributed by atoms with Crippen molar-refractivity contribution in [3.05, 3.63) is 36.0 Å². The van der Waals surface area contributed by atoms with E-state index in [4.69, 9.17) is 5.73 Å². The molecule has 0 aliphatic heterocycles. The summed E-state index contributed by atoms with van der Waals surface area (Å²) < 4.78 is 0. The topological polar surface area (TPSA) is 58.9 Å². The number of hydrogen-bond donors (Lipinski definition) is 2. The van der Waals surface area contributed by atoms with Crippen LogP contribution in [0.4, 0.5) is 0 Å². The molecule has 1 aromatic heterocycles. The Morgan fingerprint density at radius 3 is 2.93 bits per heavy atom. The fourth-order valence-electron chi connectivity index (χ4n) is 1.55. The molecule has 0 saturated heterocycles. The van der Waals surface area contributed by atoms with Crippen LogP contribution in [-0.4, -0.2) is 17.3 Å². The predicted molar refractivity (Wildman–Crippen MR) is 56.0 cm³/mol. The van der Waals surface area contributed by atoms with E-state index in [1.165, 1.54) is 0 Å². The number of para-hydroxylation sites is 1. The predicted octanol–water partition coefficient (Wildman–Crippen LogP) is 1.24. The van der Waals surface area contributed by atoms with Gasteiger partial charge in [0.15, 0.2) is 0 Å². The zero-order chi connectivity index (χ0) is 9.97. The van der Waals surface area contributed by atoms with Crippen molar-refractivity contribution < 1.29 is 4.79 Å². The van der Waals surface area contributed by atoms with Gasteiger partial charge in [-0.3, -0.25) is 0 Å². The molecule has 0 spiro atoms. The maximum Gasteiger partial charge on any atom is 0.137 e. The maximum absolute atomic E-state index is 10.4. The van der Waals surface area contributed by atoms with E-state index in [1.54, 1.807) is 0 Å². The highest BCUT2D eigenvalue weighted by Crippen LogP contribution is 2.14. The largest absolute Gasteiger partial charge is 0.358 e. The van der Waals surface area contributed by atoms with Crippen LogP contribution in [0.3, 0.4) is 0 Å². The molecule has 3 nitrogen and oxygen atoms in total. The molecule has 2 rings (SSSR count). The second kappa shape index (κ2) is 3.64. The third-order valence-electron chi connectivity index (χ3n) is 2.22. The fraction of sp³-hybridized carbons (Fsp3) is 0.182. The summed E-state index contributed by atoms with van der Waals surface area (Å²) in [6, 6.07) is 9.61. The summed E-state index contributed by atoms with van der Waals surface area (Å²) in [7, 11) is 0. The zero-order valence-corrected chi connectivity index (χ0v) is 7.73. The number of rotatable bonds is 3. The van der Waals surface area contributed by atoms with Gasteiger partial charge in [-0.05, 0) is 17.5 Å². The van der Waals surface area contributed by atoms with E-state index in [9.17, 15) is 4.79 Å². The first-order chi connectivity index (χ1) is 6.79. The molecule has 0 fully saturated rings. The minimum Gasteiger partial charge on any atom is -0.358 e. The maximum atomic E-state index is 10.4. The number of fused-ring (bicyclic) bond motifs is 1. The summed E-state index contributed by atoms with van der Waals surface area (Å²) in [5.41, 5.74) is 7.63. The van der Waals surface area contributed by atoms with Crippen molar-refractivity contribution in [2.24, 2.45) is 5.73 Å². The van der Waals surface area contributed by atoms with E-state index >= 15 is 0 Å². The molecule has 14 heavy (non-hydrogen) atoms. The third kappa shape index (κ3) is 1.67. The summed E-state index contributed by atoms with van der Waals surface area (Å²) in [6.45, 7) is 0. The Bertz CT molecular complexity index is 414. The van der Waals surface area contributed by atoms with E-state index in [0.717, 1.165) is 22.9 Å². The number of benzene rings is 1. The minimum absolute atomic E-state index is 0.414. The van der Waals surface area contributed by atoms with Gasteiger partial charge in [0, 0.05) is 17.6 Å². The Labute approximate surface area is 81.9 Å². The molecule has 72 valence electrons. The smallest absolute Gasteiger partial charge is 0.137 e. The molecule has 0 aliphatic carbocycles. The lowest BCUT2D eigenvalue weighted by Gasteiger charge is -1.99. The molecule has 3 heteroatoms. The van der Waals surface area contributed by atoms with E-state index < -0.39 is 6.04 Å². The molecule has 1 aromatic carbocycles. The lowest BCUT2D eigenvalue weighted by atomic mass is 10.2. The number of aromatic amines is 1. The quantitative estimate of drug-likeness (QED) is 0.712. The highest BCUT2D eigenvalue weighted by Gasteiger charge is 2.04. The van der Waals surface area contributed by atoms with E-state index in [-0.39, 0.29) is 0 Å². The summed E-state index contributed by atoms with van der Waals surface area (Å²) in [5.74, 6) is 0. The van der Waals surface area contributed by atoms with Crippen molar-refractivity contribution in [3.8, 4) is 0 Å². The van der Waals surface area contributed by atoms with Crippen molar-refractivity contribution >= 4 is 17.2 Å². The first kappa shape index (κ1) is 8.97. The molecule has 1 atom stereocenters. The van der Waals surface area contributed by atoms with Gasteiger partial charge in [-0.2, -0.15) is 0 Å². The first-order valence-electron chi connectivity index (χ1n) is 4.57. The third-order valence-corrected chi connectivity index (χ3v) is 2.22. The summed E-state index contributed by atoms with van der Waals surface area (Å²) >= 11 is 0. The monoisotopic (exact) mass is 188 g/mol. The Kier molecular flexibility index (Phi) is 2.33. The number of carbonyl (C=O) groups is 1. The van der Waals surface area contributed by atoms with Crippen LogP contribution in [0.25, 0.3) is 10.9 Å². The number of nitrogens with two attached hydrogens (primary N) is 1. The molecular weight excluding hydrogens is 176 g/mol. The van der Waals surface area contributed by atoms with Crippen LogP contribution in [0.15, 0.2) is 30.3 Å². The van der Waals surface area contributed by atoms with Gasteiger partial charge in [-0.1, -0.05) is 18.2 Å². The van der Waals surface area contributed by atoms with Gasteiger partial charge in [0.05, 0.1) is 6.04 Å². The molecule has 0 radical (unpaired) electrons. The zero-order valence-electron chi connectivity index (χ0n) is 7.73. The van der Waals surface area contributed by atoms with Crippen LogP contribution in [0.2, 0.25) is 0 Å². The molecule has 0 bridgehead atoms. The van der Waals surface area contributed by atoms with Gasteiger partial charge in [-0.15, -0.1) is 0 Å². The standard InChI is InChI=1S/C11H12N2O/c12-9(7-14)6-10-5-8-3-1-2-4-11(8)13-10/h1-5,7,9,13H,6,12H2. The van der Waals surface area contributed by atoms with Crippen LogP contribution in [0.5, 0.6) is 0 Å². The van der Waals surface area contributed by atoms with Crippen LogP contribution in [0.1, 0.15) is 5.69 Å². The number of aromatic nitrogens is 1. The fourth-order valence-corrected chi connectivity index (χ4v) is 1.55. The molecule has 3 N–H and O–H groups in total. The number of aldehydes is 1. The second-order valence-corrected chi connectivity index (χ2v) is 3.39. The van der Waals surface area contributed by atoms with Crippen LogP contribution >= 0.6 is 0 Å². The normalized spacial score (nSPS) is 12.9. The summed E-state index contributed by atoms with van der Waals surface area (Å²) in [5, 5.41) is 1.15. The Morgan fingerprint density at radius 1 is 1.43 bits per heavy atom. The molecule has 0 saturated carbocycles. The number of hydrogen-bond acceptors (Lipinski definition) is 2. The highest BCUT2D eigenvalue weighted by atomic mass is 16.1. The molecular formula is C11H12N2O. The van der Waals surface area contributed by atoms with Gasteiger partial charge in [0.25, 0.3) is 0 Å². The highest BCUT2D eigenvalue weighted by molar-refractivity contribution is 5.80. The number of H-pyrrole nitrogens is 1. The van der Waals surface area contributed by atoms with Crippen molar-refractivity contribution in [2.45, 2.75) is 12.5 Å². The second-order valence-electron chi connectivity index (χ2n) is 3.39. The van der Waals surface area contributed by atoms with Crippen LogP contribution < -0.4 is 5.73 Å². The van der Waals surface area contributed by atoms with Gasteiger partial charge < -0.3 is 15.5 Å². The van der Waals surface area contributed by atoms with E-state index in [2.05, 4.69) is 4.98 Å². The molecule has 0 amide bonds. The Morgan fingerprint density at radius 2 is 2.21 bits per heavy atom. The molecule has 1 unspecified atom stereocenters. The van der Waals surface area contributed by atoms with E-state index in [1.807, 2.05) is 30.3 Å². The number of carbonyl (C=O) groups excluding carboxylic acids is 1. The Balaban J connectivity index is 2.31. The average Bonchev–Trinajstić information content (AvgIpc) is 2.59. The van der Waals surface area contributed by atoms with Crippen molar-refractivity contribution in [1.82, 2.24) is 4.98 Å². The van der Waals surface area contributed by atoms with Gasteiger partial charge >= 0.3 is 0 Å². The lowest BCUT2D eigenvalue weighted by molar-refractivity contribution is -0.108. The van der Waals surface area contributed by atoms with Crippen molar-refractivity contribution in [1.29, 1.82) is 0 Å². The van der Waals surface area contributed by atoms with Gasteiger partial charge in [-0.25, -0.2) is 0 Å². The van der Waals surface area contributed by atoms with Crippen LogP contribution in [0, 0.1) is 0 Å². The van der Waals surface area contributed by atoms with Gasteiger partial charge in [0.1, 0.15) is 6.29 Å². The molecule has 0 aliphatic rings. The van der Waals surface area contributed by atoms with E-state index in [0.29, 0.717) is 6.42 Å². The van der Waals surface area contributed by atoms with Crippen molar-refractivity contribution in [2.75, 3.05) is 0 Å². The first-order valence-corrected chi connectivity index (χ1v) is 4.57. The SMILES string of the molecule is NC(C=O)Cc1cc2ccccc2[nH]1. The summed E-state index contributed by atoms with van der Waals surface area (Å²) in [4.78, 5) is 13.6. The Hall–Kier alpha value is -1.61. The number of nitrogens with one attached hydrogen (secondary N) is 1. The molecule has 1 heterocycles. The van der Waals surface area contributed by atoms with Crippen LogP contribution in [-0.2, 0) is 11.2 Å². The molecule has 2 aromatic rings. The lowest BCUT2D eigenvalue weighted by Crippen LogP contribution is -2.24. The van der Waals surface area contributed by atoms with Gasteiger partial charge in [0.2, 0.25) is 0 Å². The average molecular weight is 188 g/mol. The van der Waals surface area contributed by atoms with Crippen molar-refractivity contribution in [3.63, 3.8) is 0 Å². The minimum atomic E-state index is -0.414. The summed E-state index contributed by atoms with van der Waals surface area (Å²) in [6.07, 6.45) is 1.34.